The SMILES string of the molecule is CC(C)(C)OC(=O)N1CCN2C(=O)c3nc(N4CCOCC4)ccc3CCC2C1. The molecule has 0 aliphatic carbocycles. The van der Waals surface area contributed by atoms with Crippen molar-refractivity contribution in [1.29, 1.82) is 0 Å². The minimum Gasteiger partial charge on any atom is -0.444 e. The van der Waals surface area contributed by atoms with E-state index in [0.717, 1.165) is 37.3 Å². The molecule has 0 spiro atoms. The average Bonchev–Trinajstić information content (AvgIpc) is 2.84. The monoisotopic (exact) mass is 402 g/mol. The highest BCUT2D eigenvalue weighted by Crippen LogP contribution is 2.27. The summed E-state index contributed by atoms with van der Waals surface area (Å²) in [6, 6.07) is 4.04. The number of carbonyl (C=O) groups is 2. The van der Waals surface area contributed by atoms with Crippen LogP contribution in [0.1, 0.15) is 43.2 Å². The number of carbonyl (C=O) groups excluding carboxylic acids is 2. The molecular formula is C21H30N4O4. The van der Waals surface area contributed by atoms with E-state index in [2.05, 4.69) is 4.90 Å². The predicted octanol–water partition coefficient (Wildman–Crippen LogP) is 1.93. The van der Waals surface area contributed by atoms with Gasteiger partial charge in [-0.1, -0.05) is 6.07 Å². The van der Waals surface area contributed by atoms with E-state index >= 15 is 0 Å². The summed E-state index contributed by atoms with van der Waals surface area (Å²) in [5.74, 6) is 0.813. The number of rotatable bonds is 1. The van der Waals surface area contributed by atoms with Crippen LogP contribution in [-0.2, 0) is 15.9 Å². The Morgan fingerprint density at radius 3 is 2.66 bits per heavy atom. The van der Waals surface area contributed by atoms with Crippen molar-refractivity contribution in [1.82, 2.24) is 14.8 Å². The Balaban J connectivity index is 1.50. The van der Waals surface area contributed by atoms with Crippen molar-refractivity contribution >= 4 is 17.8 Å². The molecule has 4 rings (SSSR count). The number of amides is 2. The molecule has 0 N–H and O–H groups in total. The van der Waals surface area contributed by atoms with Crippen molar-refractivity contribution in [2.75, 3.05) is 50.8 Å². The van der Waals surface area contributed by atoms with Crippen LogP contribution in [0.4, 0.5) is 10.6 Å². The number of anilines is 1. The van der Waals surface area contributed by atoms with E-state index in [1.54, 1.807) is 4.90 Å². The number of pyridine rings is 1. The lowest BCUT2D eigenvalue weighted by atomic mass is 10.0. The molecular weight excluding hydrogens is 372 g/mol. The second-order valence-electron chi connectivity index (χ2n) is 8.89. The lowest BCUT2D eigenvalue weighted by Crippen LogP contribution is -2.56. The number of hydrogen-bond acceptors (Lipinski definition) is 6. The third-order valence-electron chi connectivity index (χ3n) is 5.64. The Morgan fingerprint density at radius 1 is 1.17 bits per heavy atom. The Kier molecular flexibility index (Phi) is 5.38. The third-order valence-corrected chi connectivity index (χ3v) is 5.64. The van der Waals surface area contributed by atoms with Crippen molar-refractivity contribution in [3.05, 3.63) is 23.4 Å². The Bertz CT molecular complexity index is 785. The number of nitrogens with zero attached hydrogens (tertiary/aromatic N) is 4. The maximum atomic E-state index is 13.3. The number of aromatic nitrogens is 1. The van der Waals surface area contributed by atoms with Crippen LogP contribution in [0.2, 0.25) is 0 Å². The van der Waals surface area contributed by atoms with Crippen LogP contribution in [0.25, 0.3) is 0 Å². The minimum absolute atomic E-state index is 0.00944. The Hall–Kier alpha value is -2.35. The Morgan fingerprint density at radius 2 is 1.93 bits per heavy atom. The summed E-state index contributed by atoms with van der Waals surface area (Å²) >= 11 is 0. The fourth-order valence-electron chi connectivity index (χ4n) is 4.15. The molecule has 0 saturated carbocycles. The normalized spacial score (nSPS) is 22.7. The first-order valence-corrected chi connectivity index (χ1v) is 10.4. The van der Waals surface area contributed by atoms with Crippen molar-refractivity contribution < 1.29 is 19.1 Å². The summed E-state index contributed by atoms with van der Waals surface area (Å²) in [4.78, 5) is 36.3. The summed E-state index contributed by atoms with van der Waals surface area (Å²) in [5, 5.41) is 0. The molecule has 2 saturated heterocycles. The van der Waals surface area contributed by atoms with Crippen LogP contribution in [0.15, 0.2) is 12.1 Å². The largest absolute Gasteiger partial charge is 0.444 e. The zero-order valence-electron chi connectivity index (χ0n) is 17.5. The molecule has 1 unspecified atom stereocenters. The van der Waals surface area contributed by atoms with Gasteiger partial charge in [0.05, 0.1) is 19.3 Å². The molecule has 3 aliphatic heterocycles. The quantitative estimate of drug-likeness (QED) is 0.715. The molecule has 0 bridgehead atoms. The second-order valence-corrected chi connectivity index (χ2v) is 8.89. The zero-order chi connectivity index (χ0) is 20.6. The van der Waals surface area contributed by atoms with E-state index in [4.69, 9.17) is 14.5 Å². The third kappa shape index (κ3) is 4.32. The van der Waals surface area contributed by atoms with Crippen LogP contribution in [-0.4, -0.2) is 84.4 Å². The number of fused-ring (bicyclic) bond motifs is 2. The molecule has 158 valence electrons. The van der Waals surface area contributed by atoms with Gasteiger partial charge in [0.15, 0.2) is 0 Å². The van der Waals surface area contributed by atoms with Crippen LogP contribution in [0.3, 0.4) is 0 Å². The maximum Gasteiger partial charge on any atom is 0.410 e. The molecule has 0 aromatic carbocycles. The summed E-state index contributed by atoms with van der Waals surface area (Å²) in [6.07, 6.45) is 1.29. The second kappa shape index (κ2) is 7.82. The van der Waals surface area contributed by atoms with Crippen molar-refractivity contribution in [3.63, 3.8) is 0 Å². The average molecular weight is 402 g/mol. The molecule has 4 heterocycles. The fourth-order valence-corrected chi connectivity index (χ4v) is 4.15. The first kappa shape index (κ1) is 19.9. The van der Waals surface area contributed by atoms with Crippen LogP contribution < -0.4 is 4.90 Å². The predicted molar refractivity (Wildman–Crippen MR) is 108 cm³/mol. The summed E-state index contributed by atoms with van der Waals surface area (Å²) in [7, 11) is 0. The molecule has 8 nitrogen and oxygen atoms in total. The Labute approximate surface area is 171 Å². The van der Waals surface area contributed by atoms with Crippen LogP contribution >= 0.6 is 0 Å². The molecule has 2 fully saturated rings. The van der Waals surface area contributed by atoms with E-state index < -0.39 is 5.60 Å². The molecule has 0 radical (unpaired) electrons. The van der Waals surface area contributed by atoms with Crippen LogP contribution in [0.5, 0.6) is 0 Å². The lowest BCUT2D eigenvalue weighted by molar-refractivity contribution is 0.00402. The van der Waals surface area contributed by atoms with Gasteiger partial charge in [0.2, 0.25) is 0 Å². The zero-order valence-corrected chi connectivity index (χ0v) is 17.5. The number of piperazine rings is 1. The smallest absolute Gasteiger partial charge is 0.410 e. The van der Waals surface area contributed by atoms with E-state index in [1.807, 2.05) is 37.8 Å². The molecule has 1 aromatic heterocycles. The highest BCUT2D eigenvalue weighted by atomic mass is 16.6. The van der Waals surface area contributed by atoms with E-state index in [1.165, 1.54) is 0 Å². The van der Waals surface area contributed by atoms with Gasteiger partial charge in [0.25, 0.3) is 5.91 Å². The fraction of sp³-hybridized carbons (Fsp3) is 0.667. The van der Waals surface area contributed by atoms with Gasteiger partial charge in [-0.25, -0.2) is 9.78 Å². The van der Waals surface area contributed by atoms with Gasteiger partial charge in [-0.3, -0.25) is 4.79 Å². The maximum absolute atomic E-state index is 13.3. The molecule has 8 heteroatoms. The summed E-state index contributed by atoms with van der Waals surface area (Å²) in [6.45, 7) is 10.0. The number of hydrogen-bond donors (Lipinski definition) is 0. The van der Waals surface area contributed by atoms with Gasteiger partial charge >= 0.3 is 6.09 Å². The molecule has 1 aromatic rings. The van der Waals surface area contributed by atoms with Gasteiger partial charge in [-0.2, -0.15) is 0 Å². The first-order chi connectivity index (χ1) is 13.8. The number of aryl methyl sites for hydroxylation is 1. The van der Waals surface area contributed by atoms with Gasteiger partial charge in [0.1, 0.15) is 17.1 Å². The number of morpholine rings is 1. The molecule has 29 heavy (non-hydrogen) atoms. The first-order valence-electron chi connectivity index (χ1n) is 10.4. The summed E-state index contributed by atoms with van der Waals surface area (Å²) < 4.78 is 10.9. The van der Waals surface area contributed by atoms with E-state index in [9.17, 15) is 9.59 Å². The highest BCUT2D eigenvalue weighted by molar-refractivity contribution is 5.95. The van der Waals surface area contributed by atoms with Crippen molar-refractivity contribution in [2.45, 2.75) is 45.3 Å². The summed E-state index contributed by atoms with van der Waals surface area (Å²) in [5.41, 5.74) is 1.02. The molecule has 2 amide bonds. The van der Waals surface area contributed by atoms with Gasteiger partial charge in [-0.05, 0) is 45.2 Å². The van der Waals surface area contributed by atoms with Gasteiger partial charge < -0.3 is 24.2 Å². The van der Waals surface area contributed by atoms with E-state index in [0.29, 0.717) is 38.5 Å². The topological polar surface area (TPSA) is 75.2 Å². The molecule has 1 atom stereocenters. The lowest BCUT2D eigenvalue weighted by Gasteiger charge is -2.40. The minimum atomic E-state index is -0.524. The highest BCUT2D eigenvalue weighted by Gasteiger charge is 2.37. The van der Waals surface area contributed by atoms with Crippen molar-refractivity contribution in [2.24, 2.45) is 0 Å². The van der Waals surface area contributed by atoms with Crippen molar-refractivity contribution in [3.8, 4) is 0 Å². The van der Waals surface area contributed by atoms with E-state index in [-0.39, 0.29) is 18.0 Å². The van der Waals surface area contributed by atoms with Crippen LogP contribution in [0, 0.1) is 0 Å². The number of ether oxygens (including phenoxy) is 2. The standard InChI is InChI=1S/C21H30N4O4/c1-21(2,3)29-20(27)24-8-9-25-16(14-24)6-4-15-5-7-17(22-18(15)19(25)26)23-10-12-28-13-11-23/h5,7,16H,4,6,8-14H2,1-3H3. The molecule has 3 aliphatic rings. The van der Waals surface area contributed by atoms with Gasteiger partial charge in [-0.15, -0.1) is 0 Å². The van der Waals surface area contributed by atoms with Gasteiger partial charge in [0, 0.05) is 32.7 Å².